The lowest BCUT2D eigenvalue weighted by Crippen LogP contribution is -2.03. The number of aromatic nitrogens is 2. The van der Waals surface area contributed by atoms with E-state index >= 15 is 0 Å². The molecule has 0 saturated carbocycles. The summed E-state index contributed by atoms with van der Waals surface area (Å²) in [5.74, 6) is 2.55. The monoisotopic (exact) mass is 267 g/mol. The molecule has 0 aliphatic carbocycles. The summed E-state index contributed by atoms with van der Waals surface area (Å²) in [4.78, 5) is 4.47. The van der Waals surface area contributed by atoms with E-state index in [1.807, 2.05) is 23.2 Å². The van der Waals surface area contributed by atoms with E-state index in [9.17, 15) is 0 Å². The van der Waals surface area contributed by atoms with Crippen LogP contribution in [-0.4, -0.2) is 15.9 Å². The van der Waals surface area contributed by atoms with Crippen LogP contribution in [0.2, 0.25) is 0 Å². The van der Waals surface area contributed by atoms with Gasteiger partial charge in [-0.2, -0.15) is 16.7 Å². The van der Waals surface area contributed by atoms with E-state index in [1.165, 1.54) is 29.9 Å². The molecule has 1 saturated heterocycles. The fraction of sp³-hybridized carbons (Fsp3) is 0.455. The van der Waals surface area contributed by atoms with Crippen LogP contribution in [0, 0.1) is 0 Å². The molecule has 1 aliphatic rings. The SMILES string of the molecule is Nc1sccc1-c1nc(C2CCCCS2)no1. The van der Waals surface area contributed by atoms with Gasteiger partial charge in [-0.3, -0.25) is 0 Å². The minimum atomic E-state index is 0.390. The summed E-state index contributed by atoms with van der Waals surface area (Å²) in [7, 11) is 0. The maximum atomic E-state index is 5.85. The lowest BCUT2D eigenvalue weighted by molar-refractivity contribution is 0.420. The Labute approximate surface area is 108 Å². The van der Waals surface area contributed by atoms with Gasteiger partial charge in [0.25, 0.3) is 5.89 Å². The summed E-state index contributed by atoms with van der Waals surface area (Å²) < 4.78 is 5.30. The highest BCUT2D eigenvalue weighted by atomic mass is 32.2. The van der Waals surface area contributed by atoms with Crippen molar-refractivity contribution in [2.45, 2.75) is 24.5 Å². The zero-order chi connectivity index (χ0) is 11.7. The van der Waals surface area contributed by atoms with E-state index in [-0.39, 0.29) is 0 Å². The molecule has 2 aromatic rings. The van der Waals surface area contributed by atoms with Gasteiger partial charge < -0.3 is 10.3 Å². The predicted molar refractivity (Wildman–Crippen MR) is 71.1 cm³/mol. The molecule has 90 valence electrons. The lowest BCUT2D eigenvalue weighted by atomic mass is 10.2. The molecule has 0 spiro atoms. The van der Waals surface area contributed by atoms with Crippen LogP contribution in [0.25, 0.3) is 11.5 Å². The van der Waals surface area contributed by atoms with Gasteiger partial charge in [-0.1, -0.05) is 11.6 Å². The van der Waals surface area contributed by atoms with Crippen LogP contribution < -0.4 is 5.73 Å². The molecule has 4 nitrogen and oxygen atoms in total. The van der Waals surface area contributed by atoms with Crippen LogP contribution in [0.1, 0.15) is 30.3 Å². The first-order valence-corrected chi connectivity index (χ1v) is 7.56. The molecule has 1 aliphatic heterocycles. The van der Waals surface area contributed by atoms with E-state index in [2.05, 4.69) is 10.1 Å². The van der Waals surface area contributed by atoms with Crippen LogP contribution >= 0.6 is 23.1 Å². The molecule has 2 N–H and O–H groups in total. The molecule has 17 heavy (non-hydrogen) atoms. The summed E-state index contributed by atoms with van der Waals surface area (Å²) in [5.41, 5.74) is 6.70. The molecule has 1 atom stereocenters. The van der Waals surface area contributed by atoms with Gasteiger partial charge in [0, 0.05) is 0 Å². The molecular weight excluding hydrogens is 254 g/mol. The molecule has 0 bridgehead atoms. The number of thiophene rings is 1. The number of hydrogen-bond donors (Lipinski definition) is 1. The van der Waals surface area contributed by atoms with Crippen molar-refractivity contribution in [3.63, 3.8) is 0 Å². The number of rotatable bonds is 2. The molecule has 1 unspecified atom stereocenters. The van der Waals surface area contributed by atoms with Gasteiger partial charge in [0.05, 0.1) is 15.8 Å². The Hall–Kier alpha value is -1.01. The Morgan fingerprint density at radius 1 is 1.41 bits per heavy atom. The van der Waals surface area contributed by atoms with E-state index in [0.717, 1.165) is 22.8 Å². The molecule has 2 aromatic heterocycles. The highest BCUT2D eigenvalue weighted by molar-refractivity contribution is 7.99. The summed E-state index contributed by atoms with van der Waals surface area (Å²) in [5, 5.41) is 7.14. The van der Waals surface area contributed by atoms with Crippen molar-refractivity contribution in [1.82, 2.24) is 10.1 Å². The Kier molecular flexibility index (Phi) is 3.07. The van der Waals surface area contributed by atoms with Crippen LogP contribution in [-0.2, 0) is 0 Å². The fourth-order valence-electron chi connectivity index (χ4n) is 1.92. The highest BCUT2D eigenvalue weighted by Gasteiger charge is 2.22. The average Bonchev–Trinajstić information content (AvgIpc) is 2.98. The Morgan fingerprint density at radius 3 is 3.06 bits per heavy atom. The normalized spacial score (nSPS) is 20.6. The molecule has 1 fully saturated rings. The number of nitrogens with zero attached hydrogens (tertiary/aromatic N) is 2. The summed E-state index contributed by atoms with van der Waals surface area (Å²) in [6, 6.07) is 1.92. The van der Waals surface area contributed by atoms with Gasteiger partial charge in [0.2, 0.25) is 0 Å². The van der Waals surface area contributed by atoms with Gasteiger partial charge in [-0.15, -0.1) is 11.3 Å². The molecule has 0 amide bonds. The van der Waals surface area contributed by atoms with Crippen molar-refractivity contribution in [1.29, 1.82) is 0 Å². The number of anilines is 1. The van der Waals surface area contributed by atoms with Gasteiger partial charge in [0.15, 0.2) is 5.82 Å². The third-order valence-corrected chi connectivity index (χ3v) is 4.95. The zero-order valence-electron chi connectivity index (χ0n) is 9.26. The van der Waals surface area contributed by atoms with Gasteiger partial charge in [-0.05, 0) is 30.0 Å². The lowest BCUT2D eigenvalue weighted by Gasteiger charge is -2.17. The van der Waals surface area contributed by atoms with E-state index < -0.39 is 0 Å². The van der Waals surface area contributed by atoms with Crippen LogP contribution in [0.5, 0.6) is 0 Å². The van der Waals surface area contributed by atoms with Crippen molar-refractivity contribution in [2.24, 2.45) is 0 Å². The minimum absolute atomic E-state index is 0.390. The maximum Gasteiger partial charge on any atom is 0.260 e. The number of hydrogen-bond acceptors (Lipinski definition) is 6. The second-order valence-corrected chi connectivity index (χ2v) is 6.27. The van der Waals surface area contributed by atoms with Crippen molar-refractivity contribution >= 4 is 28.1 Å². The molecule has 0 aromatic carbocycles. The van der Waals surface area contributed by atoms with Gasteiger partial charge >= 0.3 is 0 Å². The number of nitrogens with two attached hydrogens (primary N) is 1. The van der Waals surface area contributed by atoms with Crippen molar-refractivity contribution in [3.8, 4) is 11.5 Å². The highest BCUT2D eigenvalue weighted by Crippen LogP contribution is 2.38. The zero-order valence-corrected chi connectivity index (χ0v) is 10.9. The fourth-order valence-corrected chi connectivity index (χ4v) is 3.78. The maximum absolute atomic E-state index is 5.85. The summed E-state index contributed by atoms with van der Waals surface area (Å²) >= 11 is 3.41. The van der Waals surface area contributed by atoms with E-state index in [0.29, 0.717) is 11.1 Å². The topological polar surface area (TPSA) is 64.9 Å². The quantitative estimate of drug-likeness (QED) is 0.904. The van der Waals surface area contributed by atoms with Crippen molar-refractivity contribution < 1.29 is 4.52 Å². The predicted octanol–water partition coefficient (Wildman–Crippen LogP) is 3.34. The Bertz CT molecular complexity index is 502. The number of nitrogen functional groups attached to an aromatic ring is 1. The standard InChI is InChI=1S/C11H13N3OS2/c12-9-7(4-6-17-9)11-13-10(14-15-11)8-3-1-2-5-16-8/h4,6,8H,1-3,5,12H2. The minimum Gasteiger partial charge on any atom is -0.390 e. The Balaban J connectivity index is 1.85. The molecular formula is C11H13N3OS2. The second kappa shape index (κ2) is 4.70. The van der Waals surface area contributed by atoms with E-state index in [1.54, 1.807) is 0 Å². The first-order chi connectivity index (χ1) is 8.34. The summed E-state index contributed by atoms with van der Waals surface area (Å²) in [6.07, 6.45) is 3.69. The average molecular weight is 267 g/mol. The van der Waals surface area contributed by atoms with Crippen molar-refractivity contribution in [3.05, 3.63) is 17.3 Å². The van der Waals surface area contributed by atoms with Gasteiger partial charge in [-0.25, -0.2) is 0 Å². The van der Waals surface area contributed by atoms with Crippen molar-refractivity contribution in [2.75, 3.05) is 11.5 Å². The Morgan fingerprint density at radius 2 is 2.35 bits per heavy atom. The van der Waals surface area contributed by atoms with Crippen LogP contribution in [0.15, 0.2) is 16.0 Å². The number of thioether (sulfide) groups is 1. The molecule has 3 rings (SSSR count). The third kappa shape index (κ3) is 2.19. The van der Waals surface area contributed by atoms with Crippen LogP contribution in [0.4, 0.5) is 5.00 Å². The molecule has 6 heteroatoms. The van der Waals surface area contributed by atoms with E-state index in [4.69, 9.17) is 10.3 Å². The smallest absolute Gasteiger partial charge is 0.260 e. The molecule has 0 radical (unpaired) electrons. The van der Waals surface area contributed by atoms with Crippen LogP contribution in [0.3, 0.4) is 0 Å². The first-order valence-electron chi connectivity index (χ1n) is 5.63. The van der Waals surface area contributed by atoms with Gasteiger partial charge in [0.1, 0.15) is 0 Å². The molecule has 3 heterocycles. The third-order valence-electron chi connectivity index (χ3n) is 2.83. The second-order valence-electron chi connectivity index (χ2n) is 4.01. The largest absolute Gasteiger partial charge is 0.390 e. The first kappa shape index (κ1) is 11.1. The summed E-state index contributed by atoms with van der Waals surface area (Å²) in [6.45, 7) is 0.